The van der Waals surface area contributed by atoms with Gasteiger partial charge in [0.25, 0.3) is 5.56 Å². The molecule has 178 valence electrons. The summed E-state index contributed by atoms with van der Waals surface area (Å²) in [5, 5.41) is 11.7. The van der Waals surface area contributed by atoms with Gasteiger partial charge in [0.05, 0.1) is 19.2 Å². The number of methoxy groups -OCH3 is 1. The predicted molar refractivity (Wildman–Crippen MR) is 119 cm³/mol. The van der Waals surface area contributed by atoms with E-state index in [1.54, 1.807) is 24.3 Å². The molecule has 1 unspecified atom stereocenters. The summed E-state index contributed by atoms with van der Waals surface area (Å²) in [6.45, 7) is 3.80. The van der Waals surface area contributed by atoms with Crippen molar-refractivity contribution in [3.8, 4) is 5.75 Å². The van der Waals surface area contributed by atoms with E-state index < -0.39 is 41.5 Å². The lowest BCUT2D eigenvalue weighted by Crippen LogP contribution is -2.53. The van der Waals surface area contributed by atoms with Crippen LogP contribution in [0.1, 0.15) is 38.3 Å². The minimum atomic E-state index is -5.06. The Labute approximate surface area is 189 Å². The van der Waals surface area contributed by atoms with Gasteiger partial charge in [0, 0.05) is 17.0 Å². The van der Waals surface area contributed by atoms with Gasteiger partial charge in [-0.25, -0.2) is 4.39 Å². The smallest absolute Gasteiger partial charge is 0.418 e. The van der Waals surface area contributed by atoms with Crippen molar-refractivity contribution in [2.75, 3.05) is 7.11 Å². The average Bonchev–Trinajstić information content (AvgIpc) is 2.74. The van der Waals surface area contributed by atoms with Crippen LogP contribution in [-0.2, 0) is 18.4 Å². The molecule has 0 saturated heterocycles. The Balaban J connectivity index is 2.14. The van der Waals surface area contributed by atoms with Gasteiger partial charge >= 0.3 is 6.18 Å². The number of alkyl halides is 3. The van der Waals surface area contributed by atoms with Gasteiger partial charge in [-0.3, -0.25) is 4.79 Å². The number of aromatic nitrogens is 1. The highest BCUT2D eigenvalue weighted by Crippen LogP contribution is 2.44. The zero-order valence-corrected chi connectivity index (χ0v) is 19.0. The van der Waals surface area contributed by atoms with Gasteiger partial charge in [-0.2, -0.15) is 13.2 Å². The van der Waals surface area contributed by atoms with Gasteiger partial charge < -0.3 is 14.4 Å². The molecule has 0 aliphatic rings. The first-order valence-electron chi connectivity index (χ1n) is 10.6. The molecule has 1 atom stereocenters. The standard InChI is InChI=1S/C25H27F4NO3/c1-5-16-12-22(31)30(20-9-7-6-8-18(16)20)15-24(32,25(27,28)29)14-23(2,3)19-13-17(26)10-11-21(19)33-4/h6-13,32H,5,14-15H2,1-4H3. The fourth-order valence-electron chi connectivity index (χ4n) is 4.40. The van der Waals surface area contributed by atoms with Gasteiger partial charge in [-0.1, -0.05) is 39.0 Å². The lowest BCUT2D eigenvalue weighted by molar-refractivity contribution is -0.271. The Morgan fingerprint density at radius 3 is 2.33 bits per heavy atom. The highest BCUT2D eigenvalue weighted by molar-refractivity contribution is 5.82. The molecule has 1 aromatic heterocycles. The molecular formula is C25H27F4NO3. The van der Waals surface area contributed by atoms with E-state index in [1.165, 1.54) is 33.1 Å². The molecule has 0 radical (unpaired) electrons. The third kappa shape index (κ3) is 4.76. The van der Waals surface area contributed by atoms with Crippen LogP contribution < -0.4 is 10.3 Å². The van der Waals surface area contributed by atoms with Crippen LogP contribution in [0, 0.1) is 5.82 Å². The summed E-state index contributed by atoms with van der Waals surface area (Å²) in [5.74, 6) is -0.423. The van der Waals surface area contributed by atoms with Crippen LogP contribution in [0.2, 0.25) is 0 Å². The number of fused-ring (bicyclic) bond motifs is 1. The Morgan fingerprint density at radius 1 is 1.06 bits per heavy atom. The Bertz CT molecular complexity index is 1220. The fourth-order valence-corrected chi connectivity index (χ4v) is 4.40. The normalized spacial score (nSPS) is 14.3. The maximum atomic E-state index is 14.3. The Morgan fingerprint density at radius 2 is 1.73 bits per heavy atom. The number of aliphatic hydroxyl groups is 1. The molecule has 3 aromatic rings. The zero-order chi connectivity index (χ0) is 24.6. The number of benzene rings is 2. The minimum Gasteiger partial charge on any atom is -0.496 e. The third-order valence-electron chi connectivity index (χ3n) is 6.06. The van der Waals surface area contributed by atoms with E-state index in [0.717, 1.165) is 16.7 Å². The number of halogens is 4. The molecule has 3 rings (SSSR count). The van der Waals surface area contributed by atoms with Crippen molar-refractivity contribution in [1.29, 1.82) is 0 Å². The minimum absolute atomic E-state index is 0.186. The molecule has 0 aliphatic carbocycles. The van der Waals surface area contributed by atoms with E-state index in [-0.39, 0.29) is 11.3 Å². The lowest BCUT2D eigenvalue weighted by atomic mass is 9.74. The van der Waals surface area contributed by atoms with E-state index in [2.05, 4.69) is 0 Å². The lowest BCUT2D eigenvalue weighted by Gasteiger charge is -2.39. The molecule has 8 heteroatoms. The summed E-state index contributed by atoms with van der Waals surface area (Å²) in [7, 11) is 1.34. The molecule has 0 spiro atoms. The number of para-hydroxylation sites is 1. The Kier molecular flexibility index (Phi) is 6.62. The van der Waals surface area contributed by atoms with Gasteiger partial charge in [-0.15, -0.1) is 0 Å². The number of ether oxygens (including phenoxy) is 1. The number of hydrogen-bond donors (Lipinski definition) is 1. The first-order chi connectivity index (χ1) is 15.3. The summed E-state index contributed by atoms with van der Waals surface area (Å²) >= 11 is 0. The molecule has 0 saturated carbocycles. The third-order valence-corrected chi connectivity index (χ3v) is 6.06. The molecule has 4 nitrogen and oxygen atoms in total. The van der Waals surface area contributed by atoms with Crippen molar-refractivity contribution in [3.05, 3.63) is 75.8 Å². The summed E-state index contributed by atoms with van der Waals surface area (Å²) in [6.07, 6.45) is -5.35. The van der Waals surface area contributed by atoms with Crippen LogP contribution in [0.25, 0.3) is 10.9 Å². The van der Waals surface area contributed by atoms with Gasteiger partial charge in [0.1, 0.15) is 11.6 Å². The number of nitrogens with zero attached hydrogens (tertiary/aromatic N) is 1. The maximum Gasteiger partial charge on any atom is 0.418 e. The highest BCUT2D eigenvalue weighted by Gasteiger charge is 2.56. The second-order valence-corrected chi connectivity index (χ2v) is 8.90. The van der Waals surface area contributed by atoms with Gasteiger partial charge in [0.2, 0.25) is 0 Å². The molecule has 0 amide bonds. The highest BCUT2D eigenvalue weighted by atomic mass is 19.4. The van der Waals surface area contributed by atoms with Crippen molar-refractivity contribution >= 4 is 10.9 Å². The van der Waals surface area contributed by atoms with Crippen molar-refractivity contribution < 1.29 is 27.4 Å². The summed E-state index contributed by atoms with van der Waals surface area (Å²) < 4.78 is 63.0. The predicted octanol–water partition coefficient (Wildman–Crippen LogP) is 5.37. The number of aryl methyl sites for hydroxylation is 1. The van der Waals surface area contributed by atoms with Crippen LogP contribution in [0.4, 0.5) is 17.6 Å². The largest absolute Gasteiger partial charge is 0.496 e. The molecule has 0 fully saturated rings. The van der Waals surface area contributed by atoms with E-state index in [9.17, 15) is 27.5 Å². The first-order valence-corrected chi connectivity index (χ1v) is 10.6. The van der Waals surface area contributed by atoms with Crippen LogP contribution >= 0.6 is 0 Å². The van der Waals surface area contributed by atoms with E-state index in [1.807, 2.05) is 6.92 Å². The average molecular weight is 465 g/mol. The van der Waals surface area contributed by atoms with Crippen LogP contribution in [0.3, 0.4) is 0 Å². The van der Waals surface area contributed by atoms with Crippen LogP contribution in [-0.4, -0.2) is 28.6 Å². The SMILES string of the molecule is CCc1cc(=O)n(CC(O)(CC(C)(C)c2cc(F)ccc2OC)C(F)(F)F)c2ccccc12. The zero-order valence-electron chi connectivity index (χ0n) is 19.0. The molecule has 1 N–H and O–H groups in total. The Hall–Kier alpha value is -2.87. The quantitative estimate of drug-likeness (QED) is 0.477. The maximum absolute atomic E-state index is 14.3. The van der Waals surface area contributed by atoms with E-state index in [0.29, 0.717) is 22.9 Å². The van der Waals surface area contributed by atoms with Crippen molar-refractivity contribution in [2.45, 2.75) is 57.3 Å². The summed E-state index contributed by atoms with van der Waals surface area (Å²) in [5.41, 5.74) is -4.03. The second kappa shape index (κ2) is 8.82. The van der Waals surface area contributed by atoms with Gasteiger partial charge in [-0.05, 0) is 48.1 Å². The van der Waals surface area contributed by atoms with Crippen molar-refractivity contribution in [1.82, 2.24) is 4.57 Å². The summed E-state index contributed by atoms with van der Waals surface area (Å²) in [6, 6.07) is 11.6. The molecule has 0 bridgehead atoms. The topological polar surface area (TPSA) is 51.5 Å². The van der Waals surface area contributed by atoms with E-state index >= 15 is 0 Å². The molecule has 0 aliphatic heterocycles. The molecule has 1 heterocycles. The molecule has 2 aromatic carbocycles. The first kappa shape index (κ1) is 24.8. The van der Waals surface area contributed by atoms with Gasteiger partial charge in [0.15, 0.2) is 5.60 Å². The second-order valence-electron chi connectivity index (χ2n) is 8.90. The number of rotatable bonds is 7. The fraction of sp³-hybridized carbons (Fsp3) is 0.400. The molecule has 33 heavy (non-hydrogen) atoms. The van der Waals surface area contributed by atoms with E-state index in [4.69, 9.17) is 4.74 Å². The molecular weight excluding hydrogens is 438 g/mol. The monoisotopic (exact) mass is 465 g/mol. The number of pyridine rings is 1. The summed E-state index contributed by atoms with van der Waals surface area (Å²) in [4.78, 5) is 12.8. The number of hydrogen-bond acceptors (Lipinski definition) is 3. The van der Waals surface area contributed by atoms with Crippen molar-refractivity contribution in [3.63, 3.8) is 0 Å². The van der Waals surface area contributed by atoms with Crippen LogP contribution in [0.15, 0.2) is 53.3 Å². The van der Waals surface area contributed by atoms with Crippen molar-refractivity contribution in [2.24, 2.45) is 0 Å². The van der Waals surface area contributed by atoms with Crippen LogP contribution in [0.5, 0.6) is 5.75 Å².